The van der Waals surface area contributed by atoms with Gasteiger partial charge in [-0.25, -0.2) is 0 Å². The smallest absolute Gasteiger partial charge is 0.317 e. The van der Waals surface area contributed by atoms with E-state index in [9.17, 15) is 9.59 Å². The zero-order valence-electron chi connectivity index (χ0n) is 6.60. The highest BCUT2D eigenvalue weighted by molar-refractivity contribution is 5.92. The van der Waals surface area contributed by atoms with Crippen LogP contribution < -0.4 is 0 Å². The lowest BCUT2D eigenvalue weighted by molar-refractivity contribution is -0.153. The van der Waals surface area contributed by atoms with Gasteiger partial charge in [0.05, 0.1) is 13.2 Å². The quantitative estimate of drug-likeness (QED) is 0.404. The van der Waals surface area contributed by atoms with E-state index in [0.717, 1.165) is 6.92 Å². The third-order valence-electron chi connectivity index (χ3n) is 0.841. The second-order valence-electron chi connectivity index (χ2n) is 1.85. The van der Waals surface area contributed by atoms with Crippen LogP contribution in [0.3, 0.4) is 0 Å². The van der Waals surface area contributed by atoms with E-state index in [-0.39, 0.29) is 13.2 Å². The molecule has 0 aliphatic heterocycles. The summed E-state index contributed by atoms with van der Waals surface area (Å²) in [7, 11) is 0. The molecule has 0 unspecified atom stereocenters. The lowest BCUT2D eigenvalue weighted by atomic mass is 10.2. The molecule has 0 saturated carbocycles. The van der Waals surface area contributed by atoms with Crippen LogP contribution in [0.4, 0.5) is 0 Å². The van der Waals surface area contributed by atoms with Gasteiger partial charge in [-0.3, -0.25) is 9.59 Å². The summed E-state index contributed by atoms with van der Waals surface area (Å²) in [6.45, 7) is 0.866. The van der Waals surface area contributed by atoms with Crippen molar-refractivity contribution in [3.05, 3.63) is 0 Å². The first-order chi connectivity index (χ1) is 5.47. The lowest BCUT2D eigenvalue weighted by Gasteiger charge is -1.94. The van der Waals surface area contributed by atoms with Crippen molar-refractivity contribution in [3.63, 3.8) is 0 Å². The Hall–Kier alpha value is -1.14. The molecule has 12 heavy (non-hydrogen) atoms. The standard InChI is InChI=1S/C4H6O4.C2H6O2/c1-2(3(5)6)4(7)8;3-1-2-4/h2H,1H3,(H,5,6)(H,7,8);3-4H,1-2H2. The van der Waals surface area contributed by atoms with Crippen LogP contribution in [0.15, 0.2) is 0 Å². The van der Waals surface area contributed by atoms with E-state index in [1.807, 2.05) is 0 Å². The minimum atomic E-state index is -1.31. The number of carboxylic acid groups (broad SMARTS) is 2. The molecule has 0 spiro atoms. The average Bonchev–Trinajstić information content (AvgIpc) is 2.03. The van der Waals surface area contributed by atoms with Crippen LogP contribution in [-0.2, 0) is 9.59 Å². The molecule has 72 valence electrons. The maximum absolute atomic E-state index is 9.76. The Balaban J connectivity index is 0. The summed E-state index contributed by atoms with van der Waals surface area (Å²) < 4.78 is 0. The van der Waals surface area contributed by atoms with Crippen LogP contribution in [0.5, 0.6) is 0 Å². The van der Waals surface area contributed by atoms with Crippen LogP contribution in [-0.4, -0.2) is 45.6 Å². The first-order valence-corrected chi connectivity index (χ1v) is 3.14. The van der Waals surface area contributed by atoms with Crippen LogP contribution in [0, 0.1) is 5.92 Å². The van der Waals surface area contributed by atoms with Crippen molar-refractivity contribution in [2.24, 2.45) is 5.92 Å². The van der Waals surface area contributed by atoms with Gasteiger partial charge in [0.1, 0.15) is 0 Å². The molecule has 0 amide bonds. The van der Waals surface area contributed by atoms with Gasteiger partial charge >= 0.3 is 11.9 Å². The molecule has 0 aliphatic rings. The van der Waals surface area contributed by atoms with Gasteiger partial charge in [0, 0.05) is 0 Å². The van der Waals surface area contributed by atoms with Gasteiger partial charge in [-0.2, -0.15) is 0 Å². The Morgan fingerprint density at radius 1 is 1.08 bits per heavy atom. The molecule has 0 aromatic rings. The molecule has 0 atom stereocenters. The van der Waals surface area contributed by atoms with Gasteiger partial charge in [0.2, 0.25) is 0 Å². The summed E-state index contributed by atoms with van der Waals surface area (Å²) in [5, 5.41) is 31.2. The van der Waals surface area contributed by atoms with Crippen molar-refractivity contribution >= 4 is 11.9 Å². The topological polar surface area (TPSA) is 115 Å². The van der Waals surface area contributed by atoms with Crippen LogP contribution >= 0.6 is 0 Å². The van der Waals surface area contributed by atoms with E-state index >= 15 is 0 Å². The van der Waals surface area contributed by atoms with Crippen molar-refractivity contribution in [3.8, 4) is 0 Å². The maximum Gasteiger partial charge on any atom is 0.317 e. The molecular formula is C6H12O6. The number of aliphatic hydroxyl groups excluding tert-OH is 2. The lowest BCUT2D eigenvalue weighted by Crippen LogP contribution is -2.19. The normalized spacial score (nSPS) is 8.67. The van der Waals surface area contributed by atoms with Gasteiger partial charge in [-0.1, -0.05) is 0 Å². The molecular weight excluding hydrogens is 168 g/mol. The minimum absolute atomic E-state index is 0.125. The van der Waals surface area contributed by atoms with E-state index in [1.165, 1.54) is 0 Å². The molecule has 0 fully saturated rings. The van der Waals surface area contributed by atoms with Gasteiger partial charge < -0.3 is 20.4 Å². The second-order valence-corrected chi connectivity index (χ2v) is 1.85. The number of aliphatic hydroxyl groups is 2. The molecule has 0 bridgehead atoms. The summed E-state index contributed by atoms with van der Waals surface area (Å²) in [4.78, 5) is 19.5. The fourth-order valence-electron chi connectivity index (χ4n) is 0.106. The fraction of sp³-hybridized carbons (Fsp3) is 0.667. The molecule has 0 aromatic heterocycles. The molecule has 0 heterocycles. The van der Waals surface area contributed by atoms with Crippen molar-refractivity contribution in [2.45, 2.75) is 6.92 Å². The highest BCUT2D eigenvalue weighted by atomic mass is 16.4. The van der Waals surface area contributed by atoms with E-state index in [2.05, 4.69) is 0 Å². The molecule has 0 aromatic carbocycles. The van der Waals surface area contributed by atoms with Gasteiger partial charge in [0.25, 0.3) is 0 Å². The predicted molar refractivity (Wildman–Crippen MR) is 38.6 cm³/mol. The van der Waals surface area contributed by atoms with Crippen LogP contribution in [0.25, 0.3) is 0 Å². The number of hydrogen-bond donors (Lipinski definition) is 4. The Labute approximate surface area is 69.1 Å². The Morgan fingerprint density at radius 2 is 1.33 bits per heavy atom. The van der Waals surface area contributed by atoms with Crippen molar-refractivity contribution in [1.29, 1.82) is 0 Å². The van der Waals surface area contributed by atoms with Crippen molar-refractivity contribution < 1.29 is 30.0 Å². The van der Waals surface area contributed by atoms with Crippen LogP contribution in [0.2, 0.25) is 0 Å². The zero-order chi connectivity index (χ0) is 10.1. The van der Waals surface area contributed by atoms with E-state index < -0.39 is 17.9 Å². The first-order valence-electron chi connectivity index (χ1n) is 3.14. The minimum Gasteiger partial charge on any atom is -0.481 e. The summed E-state index contributed by atoms with van der Waals surface area (Å²) in [5.41, 5.74) is 0. The number of aliphatic carboxylic acids is 2. The van der Waals surface area contributed by atoms with Gasteiger partial charge in [0.15, 0.2) is 5.92 Å². The van der Waals surface area contributed by atoms with E-state index in [0.29, 0.717) is 0 Å². The molecule has 6 heteroatoms. The zero-order valence-corrected chi connectivity index (χ0v) is 6.60. The highest BCUT2D eigenvalue weighted by Gasteiger charge is 2.18. The highest BCUT2D eigenvalue weighted by Crippen LogP contribution is 1.91. The first kappa shape index (κ1) is 13.4. The molecule has 4 N–H and O–H groups in total. The Bertz CT molecular complexity index is 127. The number of carboxylic acids is 2. The Morgan fingerprint density at radius 3 is 1.33 bits per heavy atom. The predicted octanol–water partition coefficient (Wildman–Crippen LogP) is -1.24. The van der Waals surface area contributed by atoms with Crippen molar-refractivity contribution in [2.75, 3.05) is 13.2 Å². The molecule has 0 rings (SSSR count). The van der Waals surface area contributed by atoms with E-state index in [4.69, 9.17) is 20.4 Å². The number of carbonyl (C=O) groups is 2. The van der Waals surface area contributed by atoms with E-state index in [1.54, 1.807) is 0 Å². The fourth-order valence-corrected chi connectivity index (χ4v) is 0.106. The average molecular weight is 180 g/mol. The van der Waals surface area contributed by atoms with Crippen LogP contribution in [0.1, 0.15) is 6.92 Å². The molecule has 0 saturated heterocycles. The SMILES string of the molecule is CC(C(=O)O)C(=O)O.OCCO. The summed E-state index contributed by atoms with van der Waals surface area (Å²) in [6, 6.07) is 0. The third kappa shape index (κ3) is 8.86. The largest absolute Gasteiger partial charge is 0.481 e. The Kier molecular flexibility index (Phi) is 8.92. The number of rotatable bonds is 3. The van der Waals surface area contributed by atoms with Gasteiger partial charge in [-0.15, -0.1) is 0 Å². The summed E-state index contributed by atoms with van der Waals surface area (Å²) in [5.74, 6) is -3.91. The van der Waals surface area contributed by atoms with Crippen molar-refractivity contribution in [1.82, 2.24) is 0 Å². The van der Waals surface area contributed by atoms with Gasteiger partial charge in [-0.05, 0) is 6.92 Å². The summed E-state index contributed by atoms with van der Waals surface area (Å²) >= 11 is 0. The third-order valence-corrected chi connectivity index (χ3v) is 0.841. The number of hydrogen-bond acceptors (Lipinski definition) is 4. The second kappa shape index (κ2) is 7.96. The molecule has 0 aliphatic carbocycles. The monoisotopic (exact) mass is 180 g/mol. The molecule has 0 radical (unpaired) electrons. The molecule has 6 nitrogen and oxygen atoms in total. The maximum atomic E-state index is 9.76. The summed E-state index contributed by atoms with van der Waals surface area (Å²) in [6.07, 6.45) is 0.